The predicted octanol–water partition coefficient (Wildman–Crippen LogP) is 2.07. The first kappa shape index (κ1) is 16.6. The van der Waals surface area contributed by atoms with Crippen molar-refractivity contribution in [2.75, 3.05) is 6.61 Å². The summed E-state index contributed by atoms with van der Waals surface area (Å²) in [6, 6.07) is 5.24. The van der Waals surface area contributed by atoms with E-state index in [9.17, 15) is 9.59 Å². The van der Waals surface area contributed by atoms with Gasteiger partial charge < -0.3 is 14.0 Å². The number of carbonyl (C=O) groups excluding carboxylic acids is 1. The Labute approximate surface area is 134 Å². The summed E-state index contributed by atoms with van der Waals surface area (Å²) in [6.07, 6.45) is 3.71. The quantitative estimate of drug-likeness (QED) is 0.465. The molecule has 0 fully saturated rings. The third kappa shape index (κ3) is 3.53. The molecule has 122 valence electrons. The zero-order valence-electron chi connectivity index (χ0n) is 13.5. The zero-order valence-corrected chi connectivity index (χ0v) is 13.5. The highest BCUT2D eigenvalue weighted by atomic mass is 16.5. The van der Waals surface area contributed by atoms with Gasteiger partial charge in [0.1, 0.15) is 17.2 Å². The number of hydrogen-bond donors (Lipinski definition) is 0. The highest BCUT2D eigenvalue weighted by Crippen LogP contribution is 2.26. The molecule has 0 radical (unpaired) electrons. The summed E-state index contributed by atoms with van der Waals surface area (Å²) in [4.78, 5) is 24.0. The first-order valence-corrected chi connectivity index (χ1v) is 7.29. The van der Waals surface area contributed by atoms with Gasteiger partial charge in [0.05, 0.1) is 6.61 Å². The van der Waals surface area contributed by atoms with Gasteiger partial charge in [-0.05, 0) is 31.5 Å². The maximum absolute atomic E-state index is 12.3. The first-order chi connectivity index (χ1) is 11.0. The van der Waals surface area contributed by atoms with Crippen LogP contribution in [0.15, 0.2) is 41.8 Å². The second kappa shape index (κ2) is 7.00. The molecule has 23 heavy (non-hydrogen) atoms. The Bertz CT molecular complexity index is 786. The van der Waals surface area contributed by atoms with Crippen LogP contribution in [0.25, 0.3) is 0 Å². The van der Waals surface area contributed by atoms with Crippen molar-refractivity contribution >= 4 is 5.97 Å². The number of benzene rings is 1. The molecule has 6 heteroatoms. The van der Waals surface area contributed by atoms with Crippen LogP contribution in [-0.4, -0.2) is 21.7 Å². The Hall–Kier alpha value is -2.76. The molecule has 1 aromatic heterocycles. The van der Waals surface area contributed by atoms with E-state index < -0.39 is 5.97 Å². The number of ether oxygens (including phenoxy) is 2. The molecular weight excluding hydrogens is 296 g/mol. The molecule has 6 nitrogen and oxygen atoms in total. The van der Waals surface area contributed by atoms with Crippen molar-refractivity contribution in [3.63, 3.8) is 0 Å². The second-order valence-corrected chi connectivity index (χ2v) is 5.05. The minimum Gasteiger partial charge on any atom is -0.494 e. The lowest BCUT2D eigenvalue weighted by molar-refractivity contribution is 0.0722. The monoisotopic (exact) mass is 316 g/mol. The maximum atomic E-state index is 12.3. The second-order valence-electron chi connectivity index (χ2n) is 5.05. The van der Waals surface area contributed by atoms with E-state index in [1.807, 2.05) is 13.0 Å². The van der Waals surface area contributed by atoms with Gasteiger partial charge in [0.25, 0.3) is 0 Å². The number of allylic oxidation sites excluding steroid dienone is 1. The van der Waals surface area contributed by atoms with Gasteiger partial charge in [0, 0.05) is 25.9 Å². The van der Waals surface area contributed by atoms with Crippen molar-refractivity contribution in [1.82, 2.24) is 9.13 Å². The Kier molecular flexibility index (Phi) is 5.05. The summed E-state index contributed by atoms with van der Waals surface area (Å²) in [5, 5.41) is 0. The summed E-state index contributed by atoms with van der Waals surface area (Å²) < 4.78 is 13.5. The molecule has 2 rings (SSSR count). The molecule has 0 atom stereocenters. The van der Waals surface area contributed by atoms with E-state index in [4.69, 9.17) is 9.47 Å². The summed E-state index contributed by atoms with van der Waals surface area (Å²) in [6.45, 7) is 6.16. The molecule has 0 spiro atoms. The molecule has 0 amide bonds. The van der Waals surface area contributed by atoms with E-state index in [2.05, 4.69) is 6.58 Å². The smallest absolute Gasteiger partial charge is 0.362 e. The average Bonchev–Trinajstić information content (AvgIpc) is 2.78. The average molecular weight is 316 g/mol. The van der Waals surface area contributed by atoms with Crippen LogP contribution in [0.3, 0.4) is 0 Å². The molecule has 0 N–H and O–H groups in total. The molecule has 0 unspecified atom stereocenters. The number of hydrogen-bond acceptors (Lipinski definition) is 4. The maximum Gasteiger partial charge on any atom is 0.362 e. The van der Waals surface area contributed by atoms with Gasteiger partial charge in [0.15, 0.2) is 0 Å². The summed E-state index contributed by atoms with van der Waals surface area (Å²) in [5.74, 6) is 0.547. The molecule has 0 aliphatic carbocycles. The Balaban J connectivity index is 2.31. The fourth-order valence-corrected chi connectivity index (χ4v) is 2.23. The Morgan fingerprint density at radius 3 is 2.65 bits per heavy atom. The zero-order chi connectivity index (χ0) is 17.0. The SMILES string of the molecule is C=CCc1cc(OCC)ccc1OC(=O)c1cn(C)c(=O)n1C. The van der Waals surface area contributed by atoms with Crippen LogP contribution in [0.2, 0.25) is 0 Å². The van der Waals surface area contributed by atoms with Crippen molar-refractivity contribution in [3.05, 3.63) is 58.8 Å². The molecule has 1 aromatic carbocycles. The standard InChI is InChI=1S/C17H20N2O4/c1-5-7-12-10-13(22-6-2)8-9-15(12)23-16(20)14-11-18(3)17(21)19(14)4/h5,8-11H,1,6-7H2,2-4H3. The molecule has 1 heterocycles. The summed E-state index contributed by atoms with van der Waals surface area (Å²) in [7, 11) is 3.11. The van der Waals surface area contributed by atoms with Crippen LogP contribution in [0.5, 0.6) is 11.5 Å². The van der Waals surface area contributed by atoms with Crippen molar-refractivity contribution in [2.24, 2.45) is 14.1 Å². The van der Waals surface area contributed by atoms with Gasteiger partial charge in [-0.25, -0.2) is 9.59 Å². The Morgan fingerprint density at radius 1 is 1.35 bits per heavy atom. The molecule has 0 aliphatic rings. The molecule has 0 aliphatic heterocycles. The highest BCUT2D eigenvalue weighted by Gasteiger charge is 2.17. The van der Waals surface area contributed by atoms with E-state index in [1.165, 1.54) is 22.4 Å². The lowest BCUT2D eigenvalue weighted by atomic mass is 10.1. The number of carbonyl (C=O) groups is 1. The van der Waals surface area contributed by atoms with E-state index in [-0.39, 0.29) is 11.4 Å². The highest BCUT2D eigenvalue weighted by molar-refractivity contribution is 5.89. The first-order valence-electron chi connectivity index (χ1n) is 7.29. The third-order valence-electron chi connectivity index (χ3n) is 3.38. The van der Waals surface area contributed by atoms with E-state index >= 15 is 0 Å². The molecule has 0 saturated carbocycles. The topological polar surface area (TPSA) is 62.5 Å². The van der Waals surface area contributed by atoms with Gasteiger partial charge in [0.2, 0.25) is 0 Å². The molecule has 0 bridgehead atoms. The molecular formula is C17H20N2O4. The minimum atomic E-state index is -0.584. The fraction of sp³-hybridized carbons (Fsp3) is 0.294. The van der Waals surface area contributed by atoms with Gasteiger partial charge in [-0.1, -0.05) is 6.08 Å². The predicted molar refractivity (Wildman–Crippen MR) is 87.1 cm³/mol. The minimum absolute atomic E-state index is 0.191. The van der Waals surface area contributed by atoms with Crippen molar-refractivity contribution in [2.45, 2.75) is 13.3 Å². The summed E-state index contributed by atoms with van der Waals surface area (Å²) >= 11 is 0. The van der Waals surface area contributed by atoms with E-state index in [0.29, 0.717) is 24.5 Å². The third-order valence-corrected chi connectivity index (χ3v) is 3.38. The lowest BCUT2D eigenvalue weighted by Gasteiger charge is -2.11. The van der Waals surface area contributed by atoms with Crippen LogP contribution in [0.1, 0.15) is 23.0 Å². The Morgan fingerprint density at radius 2 is 2.09 bits per heavy atom. The van der Waals surface area contributed by atoms with Crippen LogP contribution >= 0.6 is 0 Å². The van der Waals surface area contributed by atoms with E-state index in [0.717, 1.165) is 5.56 Å². The van der Waals surface area contributed by atoms with Gasteiger partial charge in [-0.2, -0.15) is 0 Å². The summed E-state index contributed by atoms with van der Waals surface area (Å²) in [5.41, 5.74) is 0.700. The van der Waals surface area contributed by atoms with Gasteiger partial charge in [-0.3, -0.25) is 4.57 Å². The fourth-order valence-electron chi connectivity index (χ4n) is 2.23. The largest absolute Gasteiger partial charge is 0.494 e. The normalized spacial score (nSPS) is 10.4. The van der Waals surface area contributed by atoms with Crippen LogP contribution in [-0.2, 0) is 20.5 Å². The number of esters is 1. The van der Waals surface area contributed by atoms with E-state index in [1.54, 1.807) is 25.3 Å². The number of aryl methyl sites for hydroxylation is 1. The number of rotatable bonds is 6. The van der Waals surface area contributed by atoms with Crippen molar-refractivity contribution in [3.8, 4) is 11.5 Å². The van der Waals surface area contributed by atoms with Crippen LogP contribution < -0.4 is 15.2 Å². The lowest BCUT2D eigenvalue weighted by Crippen LogP contribution is -2.22. The van der Waals surface area contributed by atoms with Crippen LogP contribution in [0, 0.1) is 0 Å². The molecule has 2 aromatic rings. The molecule has 0 saturated heterocycles. The van der Waals surface area contributed by atoms with Crippen LogP contribution in [0.4, 0.5) is 0 Å². The van der Waals surface area contributed by atoms with Gasteiger partial charge >= 0.3 is 11.7 Å². The number of nitrogens with zero attached hydrogens (tertiary/aromatic N) is 2. The van der Waals surface area contributed by atoms with Crippen molar-refractivity contribution < 1.29 is 14.3 Å². The number of imidazole rings is 1. The van der Waals surface area contributed by atoms with Crippen molar-refractivity contribution in [1.29, 1.82) is 0 Å². The number of aromatic nitrogens is 2. The van der Waals surface area contributed by atoms with Gasteiger partial charge in [-0.15, -0.1) is 6.58 Å².